The van der Waals surface area contributed by atoms with Crippen LogP contribution < -0.4 is 10.6 Å². The average Bonchev–Trinajstić information content (AvgIpc) is 3.43. The van der Waals surface area contributed by atoms with Gasteiger partial charge in [0.05, 0.1) is 12.0 Å². The Hall–Kier alpha value is -3.10. The molecule has 0 unspecified atom stereocenters. The third-order valence-electron chi connectivity index (χ3n) is 6.44. The fourth-order valence-electron chi connectivity index (χ4n) is 4.55. The minimum atomic E-state index is -0.932. The topological polar surface area (TPSA) is 90.0 Å². The van der Waals surface area contributed by atoms with Gasteiger partial charge >= 0.3 is 0 Å². The summed E-state index contributed by atoms with van der Waals surface area (Å²) >= 11 is 0. The summed E-state index contributed by atoms with van der Waals surface area (Å²) in [5, 5.41) is 17.5. The molecule has 4 rings (SSSR count). The predicted octanol–water partition coefficient (Wildman–Crippen LogP) is 3.75. The summed E-state index contributed by atoms with van der Waals surface area (Å²) < 4.78 is 26.9. The van der Waals surface area contributed by atoms with E-state index in [1.807, 2.05) is 44.2 Å². The molecule has 180 valence electrons. The van der Waals surface area contributed by atoms with E-state index >= 15 is 0 Å². The van der Waals surface area contributed by atoms with Gasteiger partial charge in [0.1, 0.15) is 5.82 Å². The van der Waals surface area contributed by atoms with Crippen molar-refractivity contribution in [1.29, 1.82) is 0 Å². The number of aromatic nitrogens is 2. The number of amides is 1. The first kappa shape index (κ1) is 24.0. The normalized spacial score (nSPS) is 22.3. The number of aromatic amines is 1. The number of H-pyrrole nitrogens is 1. The lowest BCUT2D eigenvalue weighted by Crippen LogP contribution is -2.36. The van der Waals surface area contributed by atoms with E-state index in [2.05, 4.69) is 20.6 Å². The van der Waals surface area contributed by atoms with Crippen LogP contribution in [0.25, 0.3) is 0 Å². The van der Waals surface area contributed by atoms with Crippen molar-refractivity contribution in [3.8, 4) is 0 Å². The number of hydrogen-bond acceptors (Lipinski definition) is 4. The lowest BCUT2D eigenvalue weighted by atomic mass is 9.96. The number of carbonyl (C=O) groups excluding carboxylic acids is 1. The van der Waals surface area contributed by atoms with Crippen LogP contribution in [-0.2, 0) is 17.9 Å². The van der Waals surface area contributed by atoms with Crippen LogP contribution in [0.5, 0.6) is 0 Å². The Morgan fingerprint density at radius 1 is 1.12 bits per heavy atom. The molecule has 1 heterocycles. The highest BCUT2D eigenvalue weighted by atomic mass is 19.2. The molecule has 1 fully saturated rings. The molecule has 4 atom stereocenters. The molecule has 0 bridgehead atoms. The quantitative estimate of drug-likeness (QED) is 0.405. The summed E-state index contributed by atoms with van der Waals surface area (Å²) in [4.78, 5) is 20.7. The van der Waals surface area contributed by atoms with E-state index in [1.54, 1.807) is 6.20 Å². The molecule has 6 nitrogen and oxygen atoms in total. The standard InChI is InChI=1S/C26H30F2N4O2/c1-15(2)25-30-14-22(32-25)23-21(29-13-17-8-9-19(27)20(28)10-17)11-18(24(23)33)26(34)31-12-16-6-4-3-5-7-16/h3-10,14-15,18,21,23-24,29,33H,11-13H2,1-2H3,(H,30,32)(H,31,34)/t18-,21+,23+,24+/m0/s1. The number of carbonyl (C=O) groups is 1. The first-order valence-electron chi connectivity index (χ1n) is 11.5. The molecule has 0 radical (unpaired) electrons. The van der Waals surface area contributed by atoms with Crippen molar-refractivity contribution in [3.05, 3.63) is 89.0 Å². The molecule has 3 aromatic rings. The molecule has 1 aromatic heterocycles. The zero-order valence-corrected chi connectivity index (χ0v) is 19.3. The number of hydrogen-bond donors (Lipinski definition) is 4. The maximum Gasteiger partial charge on any atom is 0.226 e. The van der Waals surface area contributed by atoms with Crippen LogP contribution in [0.15, 0.2) is 54.7 Å². The Morgan fingerprint density at radius 3 is 2.56 bits per heavy atom. The van der Waals surface area contributed by atoms with Crippen molar-refractivity contribution in [1.82, 2.24) is 20.6 Å². The largest absolute Gasteiger partial charge is 0.392 e. The van der Waals surface area contributed by atoms with Crippen molar-refractivity contribution in [3.63, 3.8) is 0 Å². The van der Waals surface area contributed by atoms with Crippen molar-refractivity contribution < 1.29 is 18.7 Å². The number of nitrogens with one attached hydrogen (secondary N) is 3. The fourth-order valence-corrected chi connectivity index (χ4v) is 4.55. The van der Waals surface area contributed by atoms with Gasteiger partial charge in [0, 0.05) is 42.9 Å². The third kappa shape index (κ3) is 5.34. The Balaban J connectivity index is 1.51. The van der Waals surface area contributed by atoms with Gasteiger partial charge < -0.3 is 20.7 Å². The van der Waals surface area contributed by atoms with E-state index in [0.29, 0.717) is 18.5 Å². The second kappa shape index (κ2) is 10.4. The molecule has 2 aromatic carbocycles. The summed E-state index contributed by atoms with van der Waals surface area (Å²) in [6, 6.07) is 13.1. The molecule has 34 heavy (non-hydrogen) atoms. The Labute approximate surface area is 197 Å². The molecule has 4 N–H and O–H groups in total. The van der Waals surface area contributed by atoms with Gasteiger partial charge in [-0.15, -0.1) is 0 Å². The second-order valence-electron chi connectivity index (χ2n) is 9.18. The minimum absolute atomic E-state index is 0.186. The Bertz CT molecular complexity index is 1120. The monoisotopic (exact) mass is 468 g/mol. The Morgan fingerprint density at radius 2 is 1.88 bits per heavy atom. The maximum absolute atomic E-state index is 13.6. The summed E-state index contributed by atoms with van der Waals surface area (Å²) in [6.07, 6.45) is 1.17. The van der Waals surface area contributed by atoms with E-state index in [1.165, 1.54) is 6.07 Å². The van der Waals surface area contributed by atoms with Crippen LogP contribution in [0.3, 0.4) is 0 Å². The highest BCUT2D eigenvalue weighted by Gasteiger charge is 2.47. The molecule has 8 heteroatoms. The van der Waals surface area contributed by atoms with Crippen LogP contribution in [0.2, 0.25) is 0 Å². The number of aliphatic hydroxyl groups excluding tert-OH is 1. The van der Waals surface area contributed by atoms with Crippen molar-refractivity contribution in [2.24, 2.45) is 5.92 Å². The molecule has 0 aliphatic heterocycles. The van der Waals surface area contributed by atoms with E-state index in [0.717, 1.165) is 29.2 Å². The van der Waals surface area contributed by atoms with Crippen LogP contribution >= 0.6 is 0 Å². The maximum atomic E-state index is 13.6. The molecule has 0 spiro atoms. The van der Waals surface area contributed by atoms with E-state index in [9.17, 15) is 18.7 Å². The highest BCUT2D eigenvalue weighted by Crippen LogP contribution is 2.39. The number of aliphatic hydroxyl groups is 1. The smallest absolute Gasteiger partial charge is 0.226 e. The summed E-state index contributed by atoms with van der Waals surface area (Å²) in [7, 11) is 0. The molecule has 1 aliphatic carbocycles. The van der Waals surface area contributed by atoms with Gasteiger partial charge in [0.25, 0.3) is 0 Å². The zero-order valence-electron chi connectivity index (χ0n) is 19.3. The van der Waals surface area contributed by atoms with Gasteiger partial charge in [-0.2, -0.15) is 0 Å². The predicted molar refractivity (Wildman–Crippen MR) is 125 cm³/mol. The molecule has 1 saturated carbocycles. The number of rotatable bonds is 8. The first-order valence-corrected chi connectivity index (χ1v) is 11.5. The fraction of sp³-hybridized carbons (Fsp3) is 0.385. The first-order chi connectivity index (χ1) is 16.3. The number of nitrogens with zero attached hydrogens (tertiary/aromatic N) is 1. The van der Waals surface area contributed by atoms with Crippen molar-refractivity contribution >= 4 is 5.91 Å². The summed E-state index contributed by atoms with van der Waals surface area (Å²) in [6.45, 7) is 4.69. The van der Waals surface area contributed by atoms with E-state index in [-0.39, 0.29) is 24.4 Å². The SMILES string of the molecule is CC(C)c1ncc([C@@H]2[C@H](O)[C@@H](C(=O)NCc3ccccc3)C[C@H]2NCc2ccc(F)c(F)c2)[nH]1. The molecular formula is C26H30F2N4O2. The highest BCUT2D eigenvalue weighted by molar-refractivity contribution is 5.80. The van der Waals surface area contributed by atoms with Gasteiger partial charge in [0.2, 0.25) is 5.91 Å². The summed E-state index contributed by atoms with van der Waals surface area (Å²) in [5.41, 5.74) is 2.30. The van der Waals surface area contributed by atoms with Gasteiger partial charge in [-0.1, -0.05) is 50.2 Å². The number of halogens is 2. The van der Waals surface area contributed by atoms with Gasteiger partial charge in [-0.25, -0.2) is 13.8 Å². The van der Waals surface area contributed by atoms with Crippen LogP contribution in [0, 0.1) is 17.6 Å². The zero-order chi connectivity index (χ0) is 24.2. The molecule has 1 amide bonds. The third-order valence-corrected chi connectivity index (χ3v) is 6.44. The van der Waals surface area contributed by atoms with Crippen LogP contribution in [0.1, 0.15) is 54.7 Å². The number of benzene rings is 2. The molecule has 1 aliphatic rings. The van der Waals surface area contributed by atoms with Gasteiger partial charge in [-0.3, -0.25) is 4.79 Å². The van der Waals surface area contributed by atoms with Crippen molar-refractivity contribution in [2.45, 2.75) is 57.3 Å². The molecule has 0 saturated heterocycles. The number of imidazole rings is 1. The van der Waals surface area contributed by atoms with Crippen LogP contribution in [0.4, 0.5) is 8.78 Å². The molecular weight excluding hydrogens is 438 g/mol. The van der Waals surface area contributed by atoms with E-state index < -0.39 is 29.6 Å². The van der Waals surface area contributed by atoms with Gasteiger partial charge in [-0.05, 0) is 29.7 Å². The lowest BCUT2D eigenvalue weighted by Gasteiger charge is -2.22. The Kier molecular flexibility index (Phi) is 7.38. The van der Waals surface area contributed by atoms with Crippen LogP contribution in [-0.4, -0.2) is 33.1 Å². The average molecular weight is 469 g/mol. The van der Waals surface area contributed by atoms with E-state index in [4.69, 9.17) is 0 Å². The lowest BCUT2D eigenvalue weighted by molar-refractivity contribution is -0.127. The summed E-state index contributed by atoms with van der Waals surface area (Å²) in [5.74, 6) is -2.06. The van der Waals surface area contributed by atoms with Gasteiger partial charge in [0.15, 0.2) is 11.6 Å². The van der Waals surface area contributed by atoms with Crippen molar-refractivity contribution in [2.75, 3.05) is 0 Å². The second-order valence-corrected chi connectivity index (χ2v) is 9.18. The minimum Gasteiger partial charge on any atom is -0.392 e.